The molecule has 1 unspecified atom stereocenters. The highest BCUT2D eigenvalue weighted by molar-refractivity contribution is 6.32. The van der Waals surface area contributed by atoms with Crippen molar-refractivity contribution < 1.29 is 14.3 Å². The molecule has 1 aliphatic heterocycles. The van der Waals surface area contributed by atoms with E-state index in [1.807, 2.05) is 18.2 Å². The van der Waals surface area contributed by atoms with Gasteiger partial charge in [-0.05, 0) is 57.0 Å². The van der Waals surface area contributed by atoms with Gasteiger partial charge >= 0.3 is 0 Å². The van der Waals surface area contributed by atoms with Crippen molar-refractivity contribution in [2.75, 3.05) is 12.4 Å². The molecule has 0 radical (unpaired) electrons. The molecule has 0 spiro atoms. The Labute approximate surface area is 176 Å². The van der Waals surface area contributed by atoms with Crippen LogP contribution in [0.15, 0.2) is 48.5 Å². The lowest BCUT2D eigenvalue weighted by Crippen LogP contribution is -2.43. The first-order chi connectivity index (χ1) is 13.7. The van der Waals surface area contributed by atoms with Crippen LogP contribution in [-0.4, -0.2) is 29.7 Å². The molecule has 0 fully saturated rings. The average molecular weight is 413 g/mol. The standard InChI is InChI=1S/C23H25ClN2O3/c1-14(24)22(28)25-17-7-5-6-15(10-17)21(27)12-20-19-11-18(29-4)9-8-16(19)13-23(2,3)26-20/h5-12,14,26H,13H2,1-4H3,(H,25,28)/b20-12-. The van der Waals surface area contributed by atoms with E-state index in [1.54, 1.807) is 44.4 Å². The number of ether oxygens (including phenoxy) is 1. The summed E-state index contributed by atoms with van der Waals surface area (Å²) in [5, 5.41) is 5.51. The summed E-state index contributed by atoms with van der Waals surface area (Å²) in [7, 11) is 1.62. The first kappa shape index (κ1) is 20.9. The van der Waals surface area contributed by atoms with Gasteiger partial charge in [-0.1, -0.05) is 18.2 Å². The van der Waals surface area contributed by atoms with E-state index in [2.05, 4.69) is 24.5 Å². The smallest absolute Gasteiger partial charge is 0.242 e. The lowest BCUT2D eigenvalue weighted by molar-refractivity contribution is -0.115. The third-order valence-corrected chi connectivity index (χ3v) is 4.96. The Morgan fingerprint density at radius 1 is 1.24 bits per heavy atom. The van der Waals surface area contributed by atoms with Crippen LogP contribution in [0.2, 0.25) is 0 Å². The highest BCUT2D eigenvalue weighted by Gasteiger charge is 2.28. The van der Waals surface area contributed by atoms with Crippen LogP contribution in [0.25, 0.3) is 5.70 Å². The zero-order chi connectivity index (χ0) is 21.2. The molecule has 2 aromatic rings. The Bertz CT molecular complexity index is 980. The molecule has 6 heteroatoms. The van der Waals surface area contributed by atoms with E-state index in [1.165, 1.54) is 0 Å². The fraction of sp³-hybridized carbons (Fsp3) is 0.304. The molecular formula is C23H25ClN2O3. The molecule has 1 heterocycles. The number of anilines is 1. The van der Waals surface area contributed by atoms with Crippen LogP contribution < -0.4 is 15.4 Å². The van der Waals surface area contributed by atoms with Crippen LogP contribution in [0.4, 0.5) is 5.69 Å². The third kappa shape index (κ3) is 4.98. The topological polar surface area (TPSA) is 67.4 Å². The van der Waals surface area contributed by atoms with Crippen LogP contribution in [0, 0.1) is 0 Å². The summed E-state index contributed by atoms with van der Waals surface area (Å²) in [5.41, 5.74) is 3.70. The minimum Gasteiger partial charge on any atom is -0.497 e. The summed E-state index contributed by atoms with van der Waals surface area (Å²) < 4.78 is 5.35. The molecule has 2 N–H and O–H groups in total. The molecule has 152 valence electrons. The predicted molar refractivity (Wildman–Crippen MR) is 117 cm³/mol. The summed E-state index contributed by atoms with van der Waals surface area (Å²) in [6.07, 6.45) is 2.44. The number of carbonyl (C=O) groups excluding carboxylic acids is 2. The van der Waals surface area contributed by atoms with Crippen molar-refractivity contribution in [1.29, 1.82) is 0 Å². The molecule has 0 aliphatic carbocycles. The summed E-state index contributed by atoms with van der Waals surface area (Å²) in [6, 6.07) is 12.7. The largest absolute Gasteiger partial charge is 0.497 e. The predicted octanol–water partition coefficient (Wildman–Crippen LogP) is 4.41. The van der Waals surface area contributed by atoms with E-state index >= 15 is 0 Å². The third-order valence-electron chi connectivity index (χ3n) is 4.76. The summed E-state index contributed by atoms with van der Waals surface area (Å²) in [5.74, 6) is 0.267. The number of hydrogen-bond donors (Lipinski definition) is 2. The van der Waals surface area contributed by atoms with Gasteiger partial charge in [0.05, 0.1) is 7.11 Å². The van der Waals surface area contributed by atoms with Crippen LogP contribution in [0.3, 0.4) is 0 Å². The molecule has 0 saturated carbocycles. The van der Waals surface area contributed by atoms with Gasteiger partial charge in [-0.25, -0.2) is 0 Å². The zero-order valence-corrected chi connectivity index (χ0v) is 17.8. The number of carbonyl (C=O) groups is 2. The highest BCUT2D eigenvalue weighted by Crippen LogP contribution is 2.32. The monoisotopic (exact) mass is 412 g/mol. The van der Waals surface area contributed by atoms with Crippen molar-refractivity contribution in [1.82, 2.24) is 5.32 Å². The lowest BCUT2D eigenvalue weighted by atomic mass is 9.85. The molecule has 1 aliphatic rings. The van der Waals surface area contributed by atoms with Gasteiger partial charge in [0.2, 0.25) is 5.91 Å². The van der Waals surface area contributed by atoms with Gasteiger partial charge < -0.3 is 15.4 Å². The minimum absolute atomic E-state index is 0.158. The average Bonchev–Trinajstić information content (AvgIpc) is 2.67. The molecular weight excluding hydrogens is 388 g/mol. The second kappa shape index (κ2) is 8.29. The highest BCUT2D eigenvalue weighted by atomic mass is 35.5. The van der Waals surface area contributed by atoms with Crippen LogP contribution in [0.1, 0.15) is 42.3 Å². The molecule has 1 atom stereocenters. The van der Waals surface area contributed by atoms with Gasteiger partial charge in [0, 0.05) is 34.1 Å². The molecule has 0 bridgehead atoms. The lowest BCUT2D eigenvalue weighted by Gasteiger charge is -2.35. The molecule has 29 heavy (non-hydrogen) atoms. The molecule has 2 aromatic carbocycles. The number of fused-ring (bicyclic) bond motifs is 1. The van der Waals surface area contributed by atoms with Gasteiger partial charge in [0.15, 0.2) is 5.78 Å². The number of benzene rings is 2. The normalized spacial score (nSPS) is 17.1. The number of nitrogens with one attached hydrogen (secondary N) is 2. The Morgan fingerprint density at radius 2 is 2.00 bits per heavy atom. The van der Waals surface area contributed by atoms with Gasteiger partial charge in [-0.15, -0.1) is 11.6 Å². The fourth-order valence-corrected chi connectivity index (χ4v) is 3.41. The van der Waals surface area contributed by atoms with E-state index in [-0.39, 0.29) is 17.2 Å². The van der Waals surface area contributed by atoms with Crippen molar-refractivity contribution in [3.63, 3.8) is 0 Å². The molecule has 1 amide bonds. The number of hydrogen-bond acceptors (Lipinski definition) is 4. The number of rotatable bonds is 5. The van der Waals surface area contributed by atoms with Gasteiger partial charge in [-0.2, -0.15) is 0 Å². The van der Waals surface area contributed by atoms with E-state index in [9.17, 15) is 9.59 Å². The van der Waals surface area contributed by atoms with Crippen molar-refractivity contribution in [2.45, 2.75) is 38.1 Å². The Balaban J connectivity index is 1.94. The Morgan fingerprint density at radius 3 is 2.69 bits per heavy atom. The van der Waals surface area contributed by atoms with Gasteiger partial charge in [0.1, 0.15) is 11.1 Å². The maximum Gasteiger partial charge on any atom is 0.242 e. The van der Waals surface area contributed by atoms with E-state index in [4.69, 9.17) is 16.3 Å². The van der Waals surface area contributed by atoms with Crippen LogP contribution in [-0.2, 0) is 11.2 Å². The molecule has 0 aromatic heterocycles. The first-order valence-electron chi connectivity index (χ1n) is 9.45. The minimum atomic E-state index is -0.656. The van der Waals surface area contributed by atoms with E-state index in [0.29, 0.717) is 11.3 Å². The fourth-order valence-electron chi connectivity index (χ4n) is 3.36. The number of allylic oxidation sites excluding steroid dienone is 1. The number of halogens is 1. The van der Waals surface area contributed by atoms with E-state index in [0.717, 1.165) is 29.0 Å². The van der Waals surface area contributed by atoms with Gasteiger partial charge in [-0.3, -0.25) is 9.59 Å². The zero-order valence-electron chi connectivity index (χ0n) is 17.0. The second-order valence-corrected chi connectivity index (χ2v) is 8.47. The van der Waals surface area contributed by atoms with Crippen molar-refractivity contribution >= 4 is 34.7 Å². The maximum absolute atomic E-state index is 13.0. The van der Waals surface area contributed by atoms with Crippen molar-refractivity contribution in [2.24, 2.45) is 0 Å². The Kier molecular flexibility index (Phi) is 5.99. The number of alkyl halides is 1. The van der Waals surface area contributed by atoms with Crippen LogP contribution in [0.5, 0.6) is 5.75 Å². The molecule has 3 rings (SSSR count). The Hall–Kier alpha value is -2.79. The summed E-state index contributed by atoms with van der Waals surface area (Å²) in [4.78, 5) is 24.8. The quantitative estimate of drug-likeness (QED) is 0.433. The summed E-state index contributed by atoms with van der Waals surface area (Å²) >= 11 is 5.80. The summed E-state index contributed by atoms with van der Waals surface area (Å²) in [6.45, 7) is 5.79. The van der Waals surface area contributed by atoms with Crippen molar-refractivity contribution in [3.05, 3.63) is 65.2 Å². The number of methoxy groups -OCH3 is 1. The van der Waals surface area contributed by atoms with Crippen LogP contribution >= 0.6 is 11.6 Å². The van der Waals surface area contributed by atoms with Gasteiger partial charge in [0.25, 0.3) is 0 Å². The molecule has 0 saturated heterocycles. The van der Waals surface area contributed by atoms with Crippen molar-refractivity contribution in [3.8, 4) is 5.75 Å². The van der Waals surface area contributed by atoms with E-state index < -0.39 is 5.38 Å². The molecule has 5 nitrogen and oxygen atoms in total. The number of amides is 1. The number of ketones is 1. The first-order valence-corrected chi connectivity index (χ1v) is 9.89. The SMILES string of the molecule is COc1ccc2c(c1)/C(=C/C(=O)c1cccc(NC(=O)C(C)Cl)c1)NC(C)(C)C2. The maximum atomic E-state index is 13.0. The second-order valence-electron chi connectivity index (χ2n) is 7.82.